The van der Waals surface area contributed by atoms with E-state index in [1.165, 1.54) is 5.56 Å². The maximum absolute atomic E-state index is 5.80. The molecule has 0 unspecified atom stereocenters. The van der Waals surface area contributed by atoms with Crippen molar-refractivity contribution in [3.05, 3.63) is 54.1 Å². The molecule has 0 bridgehead atoms. The van der Waals surface area contributed by atoms with Gasteiger partial charge in [-0.1, -0.05) is 30.3 Å². The summed E-state index contributed by atoms with van der Waals surface area (Å²) in [5.41, 5.74) is 15.1. The maximum atomic E-state index is 5.80. The van der Waals surface area contributed by atoms with Gasteiger partial charge in [-0.05, 0) is 23.8 Å². The van der Waals surface area contributed by atoms with Gasteiger partial charge in [0.2, 0.25) is 0 Å². The Morgan fingerprint density at radius 3 is 2.29 bits per heavy atom. The Kier molecular flexibility index (Phi) is 3.19. The van der Waals surface area contributed by atoms with Gasteiger partial charge in [-0.2, -0.15) is 0 Å². The van der Waals surface area contributed by atoms with Crippen molar-refractivity contribution in [3.63, 3.8) is 0 Å². The normalized spacial score (nSPS) is 10.2. The molecule has 0 fully saturated rings. The Hall–Kier alpha value is -2.16. The van der Waals surface area contributed by atoms with Crippen LogP contribution >= 0.6 is 0 Å². The monoisotopic (exact) mass is 227 g/mol. The highest BCUT2D eigenvalue weighted by atomic mass is 15.1. The molecule has 0 aliphatic carbocycles. The summed E-state index contributed by atoms with van der Waals surface area (Å²) in [6, 6.07) is 16.0. The molecule has 0 aliphatic heterocycles. The number of hydrogen-bond acceptors (Lipinski definition) is 3. The van der Waals surface area contributed by atoms with Gasteiger partial charge in [0, 0.05) is 19.3 Å². The number of nitrogens with two attached hydrogens (primary N) is 2. The van der Waals surface area contributed by atoms with Crippen molar-refractivity contribution >= 4 is 17.1 Å². The fraction of sp³-hybridized carbons (Fsp3) is 0.143. The van der Waals surface area contributed by atoms with Gasteiger partial charge in [0.05, 0.1) is 11.4 Å². The van der Waals surface area contributed by atoms with Crippen LogP contribution in [0.2, 0.25) is 0 Å². The smallest absolute Gasteiger partial charge is 0.0568 e. The van der Waals surface area contributed by atoms with Crippen LogP contribution in [0.3, 0.4) is 0 Å². The Labute approximate surface area is 102 Å². The lowest BCUT2D eigenvalue weighted by molar-refractivity contribution is 0.924. The quantitative estimate of drug-likeness (QED) is 0.792. The Morgan fingerprint density at radius 1 is 0.941 bits per heavy atom. The number of hydrogen-bond donors (Lipinski definition) is 2. The van der Waals surface area contributed by atoms with Crippen molar-refractivity contribution in [2.45, 2.75) is 6.54 Å². The maximum Gasteiger partial charge on any atom is 0.0568 e. The summed E-state index contributed by atoms with van der Waals surface area (Å²) < 4.78 is 0. The van der Waals surface area contributed by atoms with Gasteiger partial charge in [0.25, 0.3) is 0 Å². The minimum absolute atomic E-state index is 0.627. The molecule has 3 nitrogen and oxygen atoms in total. The molecule has 4 N–H and O–H groups in total. The molecule has 2 aromatic carbocycles. The summed E-state index contributed by atoms with van der Waals surface area (Å²) in [5.74, 6) is 0. The minimum atomic E-state index is 0.627. The summed E-state index contributed by atoms with van der Waals surface area (Å²) >= 11 is 0. The largest absolute Gasteiger partial charge is 0.397 e. The van der Waals surface area contributed by atoms with Crippen molar-refractivity contribution in [2.24, 2.45) is 0 Å². The van der Waals surface area contributed by atoms with Crippen LogP contribution in [0.15, 0.2) is 48.5 Å². The van der Waals surface area contributed by atoms with Crippen LogP contribution < -0.4 is 16.4 Å². The topological polar surface area (TPSA) is 55.3 Å². The molecule has 2 aromatic rings. The first-order chi connectivity index (χ1) is 8.16. The zero-order valence-electron chi connectivity index (χ0n) is 9.93. The predicted octanol–water partition coefficient (Wildman–Crippen LogP) is 2.49. The first-order valence-corrected chi connectivity index (χ1v) is 5.57. The van der Waals surface area contributed by atoms with Gasteiger partial charge in [0.1, 0.15) is 0 Å². The van der Waals surface area contributed by atoms with Crippen molar-refractivity contribution in [1.82, 2.24) is 0 Å². The van der Waals surface area contributed by atoms with Crippen LogP contribution in [0, 0.1) is 0 Å². The van der Waals surface area contributed by atoms with E-state index in [1.54, 1.807) is 0 Å². The number of rotatable bonds is 3. The van der Waals surface area contributed by atoms with Crippen molar-refractivity contribution in [3.8, 4) is 0 Å². The Morgan fingerprint density at radius 2 is 1.65 bits per heavy atom. The molecule has 0 spiro atoms. The first-order valence-electron chi connectivity index (χ1n) is 5.57. The first kappa shape index (κ1) is 11.3. The van der Waals surface area contributed by atoms with E-state index in [9.17, 15) is 0 Å². The summed E-state index contributed by atoms with van der Waals surface area (Å²) in [6.07, 6.45) is 0. The van der Waals surface area contributed by atoms with Gasteiger partial charge in [-0.3, -0.25) is 0 Å². The van der Waals surface area contributed by atoms with E-state index in [1.807, 2.05) is 43.4 Å². The van der Waals surface area contributed by atoms with Crippen LogP contribution in [0.5, 0.6) is 0 Å². The van der Waals surface area contributed by atoms with Crippen LogP contribution in [-0.4, -0.2) is 7.05 Å². The van der Waals surface area contributed by atoms with Crippen molar-refractivity contribution in [2.75, 3.05) is 23.4 Å². The molecule has 0 saturated carbocycles. The Bertz CT molecular complexity index is 494. The second kappa shape index (κ2) is 4.78. The van der Waals surface area contributed by atoms with Crippen LogP contribution in [0.1, 0.15) is 5.56 Å². The molecule has 2 rings (SSSR count). The van der Waals surface area contributed by atoms with Crippen molar-refractivity contribution in [1.29, 1.82) is 0 Å². The molecule has 0 radical (unpaired) electrons. The fourth-order valence-corrected chi connectivity index (χ4v) is 1.75. The lowest BCUT2D eigenvalue weighted by Crippen LogP contribution is -2.16. The highest BCUT2D eigenvalue weighted by molar-refractivity contribution is 5.69. The standard InChI is InChI=1S/C14H17N3/c1-17(10-11-5-3-2-4-6-11)12-7-8-13(15)14(16)9-12/h2-9H,10,15-16H2,1H3. The number of anilines is 3. The van der Waals surface area contributed by atoms with Gasteiger partial charge in [-0.15, -0.1) is 0 Å². The third-order valence-corrected chi connectivity index (χ3v) is 2.77. The second-order valence-electron chi connectivity index (χ2n) is 4.15. The third-order valence-electron chi connectivity index (χ3n) is 2.77. The van der Waals surface area contributed by atoms with Gasteiger partial charge in [0.15, 0.2) is 0 Å². The lowest BCUT2D eigenvalue weighted by atomic mass is 10.2. The van der Waals surface area contributed by atoms with Gasteiger partial charge < -0.3 is 16.4 Å². The average molecular weight is 227 g/mol. The second-order valence-corrected chi connectivity index (χ2v) is 4.15. The molecule has 0 heterocycles. The Balaban J connectivity index is 2.14. The van der Waals surface area contributed by atoms with Gasteiger partial charge >= 0.3 is 0 Å². The molecule has 88 valence electrons. The van der Waals surface area contributed by atoms with E-state index in [0.717, 1.165) is 12.2 Å². The average Bonchev–Trinajstić information content (AvgIpc) is 2.34. The molecule has 3 heteroatoms. The molecule has 17 heavy (non-hydrogen) atoms. The van der Waals surface area contributed by atoms with E-state index < -0.39 is 0 Å². The minimum Gasteiger partial charge on any atom is -0.397 e. The van der Waals surface area contributed by atoms with E-state index in [2.05, 4.69) is 17.0 Å². The van der Waals surface area contributed by atoms with E-state index >= 15 is 0 Å². The highest BCUT2D eigenvalue weighted by Crippen LogP contribution is 2.23. The van der Waals surface area contributed by atoms with Crippen molar-refractivity contribution < 1.29 is 0 Å². The number of nitrogens with zero attached hydrogens (tertiary/aromatic N) is 1. The number of benzene rings is 2. The molecule has 0 atom stereocenters. The van der Waals surface area contributed by atoms with Gasteiger partial charge in [-0.25, -0.2) is 0 Å². The van der Waals surface area contributed by atoms with Crippen LogP contribution in [-0.2, 0) is 6.54 Å². The molecule has 0 aromatic heterocycles. The molecular weight excluding hydrogens is 210 g/mol. The zero-order chi connectivity index (χ0) is 12.3. The summed E-state index contributed by atoms with van der Waals surface area (Å²) in [4.78, 5) is 2.14. The summed E-state index contributed by atoms with van der Waals surface area (Å²) in [5, 5.41) is 0. The zero-order valence-corrected chi connectivity index (χ0v) is 9.93. The summed E-state index contributed by atoms with van der Waals surface area (Å²) in [6.45, 7) is 0.851. The number of nitrogen functional groups attached to an aromatic ring is 2. The molecular formula is C14H17N3. The predicted molar refractivity (Wildman–Crippen MR) is 73.8 cm³/mol. The molecule has 0 amide bonds. The van der Waals surface area contributed by atoms with E-state index in [-0.39, 0.29) is 0 Å². The third kappa shape index (κ3) is 2.69. The molecule has 0 saturated heterocycles. The van der Waals surface area contributed by atoms with E-state index in [0.29, 0.717) is 11.4 Å². The van der Waals surface area contributed by atoms with Crippen LogP contribution in [0.4, 0.5) is 17.1 Å². The SMILES string of the molecule is CN(Cc1ccccc1)c1ccc(N)c(N)c1. The summed E-state index contributed by atoms with van der Waals surface area (Å²) in [7, 11) is 2.04. The van der Waals surface area contributed by atoms with Crippen LogP contribution in [0.25, 0.3) is 0 Å². The fourth-order valence-electron chi connectivity index (χ4n) is 1.75. The molecule has 0 aliphatic rings. The highest BCUT2D eigenvalue weighted by Gasteiger charge is 2.03. The van der Waals surface area contributed by atoms with E-state index in [4.69, 9.17) is 11.5 Å². The lowest BCUT2D eigenvalue weighted by Gasteiger charge is -2.20.